The Morgan fingerprint density at radius 1 is 0.966 bits per heavy atom. The number of esters is 1. The van der Waals surface area contributed by atoms with Gasteiger partial charge in [-0.3, -0.25) is 0 Å². The van der Waals surface area contributed by atoms with Crippen LogP contribution in [0.1, 0.15) is 69.1 Å². The van der Waals surface area contributed by atoms with Crippen LogP contribution in [0.2, 0.25) is 4.82 Å². The van der Waals surface area contributed by atoms with Crippen molar-refractivity contribution in [1.82, 2.24) is 0 Å². The molecule has 0 aromatic heterocycles. The number of rotatable bonds is 9. The fourth-order valence-electron chi connectivity index (χ4n) is 3.75. The number of carbonyl (C=O) groups is 1. The summed E-state index contributed by atoms with van der Waals surface area (Å²) in [7, 11) is 0. The summed E-state index contributed by atoms with van der Waals surface area (Å²) in [6.07, 6.45) is 0.270. The van der Waals surface area contributed by atoms with Gasteiger partial charge in [-0.15, -0.1) is 0 Å². The quantitative estimate of drug-likeness (QED) is 0.402. The van der Waals surface area contributed by atoms with Gasteiger partial charge >= 0.3 is 180 Å². The second kappa shape index (κ2) is 10.4. The van der Waals surface area contributed by atoms with Crippen molar-refractivity contribution in [3.63, 3.8) is 0 Å². The van der Waals surface area contributed by atoms with Gasteiger partial charge in [-0.1, -0.05) is 0 Å². The van der Waals surface area contributed by atoms with E-state index < -0.39 is 0 Å². The van der Waals surface area contributed by atoms with Crippen LogP contribution in [-0.4, -0.2) is 34.1 Å². The van der Waals surface area contributed by atoms with Crippen LogP contribution in [0.5, 0.6) is 0 Å². The Balaban J connectivity index is 1.97. The zero-order valence-electron chi connectivity index (χ0n) is 17.6. The fraction of sp³-hybridized carbons (Fsp3) is 0.458. The molecule has 5 heteroatoms. The Bertz CT molecular complexity index is 778. The molecular formula is C24H30O4Se. The molecule has 1 saturated heterocycles. The first kappa shape index (κ1) is 22.0. The predicted molar refractivity (Wildman–Crippen MR) is 116 cm³/mol. The predicted octanol–water partition coefficient (Wildman–Crippen LogP) is 4.69. The molecule has 0 spiro atoms. The van der Waals surface area contributed by atoms with Crippen molar-refractivity contribution >= 4 is 25.4 Å². The summed E-state index contributed by atoms with van der Waals surface area (Å²) in [6.45, 7) is 9.55. The van der Waals surface area contributed by atoms with Crippen LogP contribution in [0.4, 0.5) is 0 Å². The Hall–Kier alpha value is -1.65. The zero-order chi connectivity index (χ0) is 20.8. The van der Waals surface area contributed by atoms with Gasteiger partial charge in [0.15, 0.2) is 0 Å². The van der Waals surface area contributed by atoms with Gasteiger partial charge in [0.2, 0.25) is 0 Å². The molecule has 1 fully saturated rings. The van der Waals surface area contributed by atoms with E-state index >= 15 is 0 Å². The first-order valence-corrected chi connectivity index (χ1v) is 12.2. The summed E-state index contributed by atoms with van der Waals surface area (Å²) < 4.78 is 18.9. The summed E-state index contributed by atoms with van der Waals surface area (Å²) >= 11 is 0.0370. The summed E-state index contributed by atoms with van der Waals surface area (Å²) in [5.74, 6) is -0.111. The van der Waals surface area contributed by atoms with Crippen LogP contribution in [0.25, 0.3) is 0 Å². The zero-order valence-corrected chi connectivity index (χ0v) is 19.3. The number of cyclic esters (lactones) is 1. The maximum atomic E-state index is 12.2. The molecule has 29 heavy (non-hydrogen) atoms. The van der Waals surface area contributed by atoms with Crippen molar-refractivity contribution in [3.8, 4) is 0 Å². The molecule has 0 saturated carbocycles. The summed E-state index contributed by atoms with van der Waals surface area (Å²) in [5.41, 5.74) is 3.46. The number of carbonyl (C=O) groups excluding carboxylic acids is 1. The molecule has 0 N–H and O–H groups in total. The van der Waals surface area contributed by atoms with Crippen molar-refractivity contribution < 1.29 is 19.0 Å². The Labute approximate surface area is 180 Å². The SMILES string of the molecule is CCO[C@H](C)c1cccc([C@@H](C)OCC)c1[Se][C@@H]1CC(=O)O[C@H]1c1ccccc1. The summed E-state index contributed by atoms with van der Waals surface area (Å²) in [6, 6.07) is 16.5. The van der Waals surface area contributed by atoms with Gasteiger partial charge in [0.25, 0.3) is 0 Å². The van der Waals surface area contributed by atoms with Crippen LogP contribution in [0, 0.1) is 0 Å². The standard InChI is InChI=1S/C24H30O4Se/c1-5-26-16(3)19-13-10-14-20(17(4)27-6-2)24(19)29-21-15-22(25)28-23(21)18-11-8-7-9-12-18/h7-14,16-17,21,23H,5-6,15H2,1-4H3/t16-,17-,21-,23+/m1/s1. The van der Waals surface area contributed by atoms with E-state index in [2.05, 4.69) is 32.0 Å². The van der Waals surface area contributed by atoms with Crippen LogP contribution < -0.4 is 4.46 Å². The van der Waals surface area contributed by atoms with Gasteiger partial charge in [-0.2, -0.15) is 0 Å². The van der Waals surface area contributed by atoms with Gasteiger partial charge in [0, 0.05) is 0 Å². The monoisotopic (exact) mass is 462 g/mol. The molecule has 0 bridgehead atoms. The van der Waals surface area contributed by atoms with E-state index in [1.54, 1.807) is 0 Å². The van der Waals surface area contributed by atoms with E-state index in [9.17, 15) is 4.79 Å². The molecule has 0 amide bonds. The summed E-state index contributed by atoms with van der Waals surface area (Å²) in [4.78, 5) is 12.4. The van der Waals surface area contributed by atoms with Crippen molar-refractivity contribution in [2.45, 2.75) is 57.2 Å². The van der Waals surface area contributed by atoms with E-state index in [4.69, 9.17) is 14.2 Å². The number of hydrogen-bond donors (Lipinski definition) is 0. The van der Waals surface area contributed by atoms with Crippen LogP contribution in [0.3, 0.4) is 0 Å². The molecule has 0 radical (unpaired) electrons. The second-order valence-corrected chi connectivity index (χ2v) is 9.76. The minimum atomic E-state index is -0.186. The molecular weight excluding hydrogens is 431 g/mol. The molecule has 0 unspecified atom stereocenters. The Kier molecular flexibility index (Phi) is 7.91. The van der Waals surface area contributed by atoms with E-state index in [0.717, 1.165) is 5.56 Å². The van der Waals surface area contributed by atoms with E-state index in [1.807, 2.05) is 44.2 Å². The summed E-state index contributed by atoms with van der Waals surface area (Å²) in [5, 5.41) is 0. The van der Waals surface area contributed by atoms with Gasteiger partial charge < -0.3 is 0 Å². The van der Waals surface area contributed by atoms with Gasteiger partial charge in [0.1, 0.15) is 0 Å². The molecule has 2 aromatic rings. The molecule has 4 atom stereocenters. The minimum absolute atomic E-state index is 0.00107. The fourth-order valence-corrected chi connectivity index (χ4v) is 7.10. The average molecular weight is 461 g/mol. The third-order valence-corrected chi connectivity index (χ3v) is 8.13. The molecule has 0 aliphatic carbocycles. The third-order valence-electron chi connectivity index (χ3n) is 5.15. The molecule has 2 aromatic carbocycles. The first-order valence-electron chi connectivity index (χ1n) is 10.3. The van der Waals surface area contributed by atoms with Crippen LogP contribution >= 0.6 is 0 Å². The number of hydrogen-bond acceptors (Lipinski definition) is 4. The topological polar surface area (TPSA) is 44.8 Å². The van der Waals surface area contributed by atoms with Crippen LogP contribution in [-0.2, 0) is 19.0 Å². The van der Waals surface area contributed by atoms with Crippen LogP contribution in [0.15, 0.2) is 48.5 Å². The van der Waals surface area contributed by atoms with Crippen molar-refractivity contribution in [2.24, 2.45) is 0 Å². The van der Waals surface area contributed by atoms with Gasteiger partial charge in [0.05, 0.1) is 0 Å². The average Bonchev–Trinajstić information content (AvgIpc) is 3.09. The van der Waals surface area contributed by atoms with Crippen molar-refractivity contribution in [2.75, 3.05) is 13.2 Å². The van der Waals surface area contributed by atoms with Crippen molar-refractivity contribution in [1.29, 1.82) is 0 Å². The molecule has 1 heterocycles. The van der Waals surface area contributed by atoms with Crippen molar-refractivity contribution in [3.05, 3.63) is 65.2 Å². The molecule has 1 aliphatic rings. The molecule has 1 aliphatic heterocycles. The first-order chi connectivity index (χ1) is 14.0. The third kappa shape index (κ3) is 5.29. The number of ether oxygens (including phenoxy) is 3. The Morgan fingerprint density at radius 3 is 2.10 bits per heavy atom. The number of benzene rings is 2. The normalized spacial score (nSPS) is 21.0. The molecule has 3 rings (SSSR count). The molecule has 4 nitrogen and oxygen atoms in total. The van der Waals surface area contributed by atoms with Gasteiger partial charge in [-0.25, -0.2) is 0 Å². The van der Waals surface area contributed by atoms with E-state index in [0.29, 0.717) is 19.6 Å². The van der Waals surface area contributed by atoms with Gasteiger partial charge in [-0.05, 0) is 0 Å². The molecule has 156 valence electrons. The van der Waals surface area contributed by atoms with E-state index in [1.165, 1.54) is 15.6 Å². The second-order valence-electron chi connectivity index (χ2n) is 7.14. The van der Waals surface area contributed by atoms with E-state index in [-0.39, 0.29) is 44.1 Å². The maximum absolute atomic E-state index is 12.2. The Morgan fingerprint density at radius 2 is 1.55 bits per heavy atom.